The van der Waals surface area contributed by atoms with Gasteiger partial charge in [0.25, 0.3) is 0 Å². The molecule has 1 fully saturated rings. The van der Waals surface area contributed by atoms with Gasteiger partial charge in [-0.25, -0.2) is 0 Å². The third kappa shape index (κ3) is 4.59. The zero-order chi connectivity index (χ0) is 13.7. The molecule has 0 spiro atoms. The normalized spacial score (nSPS) is 17.2. The molecule has 1 saturated heterocycles. The summed E-state index contributed by atoms with van der Waals surface area (Å²) in [7, 11) is 0. The van der Waals surface area contributed by atoms with Crippen molar-refractivity contribution in [1.82, 2.24) is 4.90 Å². The zero-order valence-corrected chi connectivity index (χ0v) is 14.2. The molecule has 118 valence electrons. The maximum atomic E-state index is 9.69. The SMILES string of the molecule is Cc1ccccc1C1(C#N)CCN(CCCN)CC1.Cl.Cl. The monoisotopic (exact) mass is 329 g/mol. The molecule has 1 aliphatic heterocycles. The Balaban J connectivity index is 0.00000200. The minimum absolute atomic E-state index is 0. The van der Waals surface area contributed by atoms with Crippen molar-refractivity contribution in [2.45, 2.75) is 31.6 Å². The van der Waals surface area contributed by atoms with E-state index in [9.17, 15) is 5.26 Å². The lowest BCUT2D eigenvalue weighted by atomic mass is 9.72. The summed E-state index contributed by atoms with van der Waals surface area (Å²) in [6, 6.07) is 10.9. The van der Waals surface area contributed by atoms with E-state index in [0.29, 0.717) is 0 Å². The van der Waals surface area contributed by atoms with Gasteiger partial charge in [-0.05, 0) is 63.5 Å². The number of halogens is 2. The summed E-state index contributed by atoms with van der Waals surface area (Å²) in [4.78, 5) is 2.43. The smallest absolute Gasteiger partial charge is 0.0849 e. The fourth-order valence-corrected chi connectivity index (χ4v) is 3.02. The molecule has 21 heavy (non-hydrogen) atoms. The van der Waals surface area contributed by atoms with Crippen molar-refractivity contribution in [1.29, 1.82) is 5.26 Å². The first kappa shape index (κ1) is 20.2. The summed E-state index contributed by atoms with van der Waals surface area (Å²) in [5, 5.41) is 9.69. The van der Waals surface area contributed by atoms with E-state index < -0.39 is 0 Å². The van der Waals surface area contributed by atoms with E-state index in [0.717, 1.165) is 45.4 Å². The molecule has 0 atom stereocenters. The number of rotatable bonds is 4. The number of aryl methyl sites for hydroxylation is 1. The maximum Gasteiger partial charge on any atom is 0.0849 e. The van der Waals surface area contributed by atoms with Gasteiger partial charge in [0.1, 0.15) is 0 Å². The van der Waals surface area contributed by atoms with E-state index in [1.54, 1.807) is 0 Å². The lowest BCUT2D eigenvalue weighted by Crippen LogP contribution is -2.42. The lowest BCUT2D eigenvalue weighted by molar-refractivity contribution is 0.185. The lowest BCUT2D eigenvalue weighted by Gasteiger charge is -2.38. The van der Waals surface area contributed by atoms with E-state index in [-0.39, 0.29) is 30.2 Å². The Morgan fingerprint density at radius 3 is 2.38 bits per heavy atom. The molecular formula is C16H25Cl2N3. The van der Waals surface area contributed by atoms with Crippen LogP contribution in [-0.4, -0.2) is 31.1 Å². The van der Waals surface area contributed by atoms with Gasteiger partial charge in [0, 0.05) is 0 Å². The van der Waals surface area contributed by atoms with Gasteiger partial charge in [0.05, 0.1) is 11.5 Å². The highest BCUT2D eigenvalue weighted by Gasteiger charge is 2.37. The van der Waals surface area contributed by atoms with Crippen LogP contribution in [0, 0.1) is 18.3 Å². The average molecular weight is 330 g/mol. The van der Waals surface area contributed by atoms with Gasteiger partial charge >= 0.3 is 0 Å². The van der Waals surface area contributed by atoms with Crippen LogP contribution in [0.4, 0.5) is 0 Å². The Morgan fingerprint density at radius 2 is 1.86 bits per heavy atom. The molecule has 1 aliphatic rings. The second kappa shape index (κ2) is 9.27. The summed E-state index contributed by atoms with van der Waals surface area (Å²) in [5.74, 6) is 0. The van der Waals surface area contributed by atoms with E-state index >= 15 is 0 Å². The van der Waals surface area contributed by atoms with Crippen LogP contribution in [-0.2, 0) is 5.41 Å². The third-order valence-corrected chi connectivity index (χ3v) is 4.26. The van der Waals surface area contributed by atoms with Crippen molar-refractivity contribution in [2.75, 3.05) is 26.2 Å². The van der Waals surface area contributed by atoms with Gasteiger partial charge < -0.3 is 10.6 Å². The molecule has 1 aromatic carbocycles. The van der Waals surface area contributed by atoms with Crippen LogP contribution < -0.4 is 5.73 Å². The van der Waals surface area contributed by atoms with Crippen LogP contribution in [0.1, 0.15) is 30.4 Å². The minimum Gasteiger partial charge on any atom is -0.330 e. The predicted molar refractivity (Wildman–Crippen MR) is 92.3 cm³/mol. The molecular weight excluding hydrogens is 305 g/mol. The molecule has 1 aromatic rings. The molecule has 2 rings (SSSR count). The third-order valence-electron chi connectivity index (χ3n) is 4.26. The summed E-state index contributed by atoms with van der Waals surface area (Å²) < 4.78 is 0. The standard InChI is InChI=1S/C16H23N3.2ClH/c1-14-5-2-3-6-15(14)16(13-18)7-11-19(12-8-16)10-4-9-17;;/h2-3,5-6H,4,7-12,17H2,1H3;2*1H. The number of hydrogen-bond acceptors (Lipinski definition) is 3. The minimum atomic E-state index is -0.287. The second-order valence-corrected chi connectivity index (χ2v) is 5.49. The average Bonchev–Trinajstić information content (AvgIpc) is 2.46. The quantitative estimate of drug-likeness (QED) is 0.923. The van der Waals surface area contributed by atoms with Gasteiger partial charge in [-0.2, -0.15) is 5.26 Å². The topological polar surface area (TPSA) is 53.0 Å². The number of hydrogen-bond donors (Lipinski definition) is 1. The Morgan fingerprint density at radius 1 is 1.24 bits per heavy atom. The summed E-state index contributed by atoms with van der Waals surface area (Å²) in [6.45, 7) is 5.92. The van der Waals surface area contributed by atoms with Crippen molar-refractivity contribution in [3.8, 4) is 6.07 Å². The summed E-state index contributed by atoms with van der Waals surface area (Å²) >= 11 is 0. The maximum absolute atomic E-state index is 9.69. The molecule has 0 aromatic heterocycles. The zero-order valence-electron chi connectivity index (χ0n) is 12.5. The molecule has 2 N–H and O–H groups in total. The van der Waals surface area contributed by atoms with Gasteiger partial charge in [-0.3, -0.25) is 0 Å². The van der Waals surface area contributed by atoms with E-state index in [1.807, 2.05) is 12.1 Å². The molecule has 1 heterocycles. The summed E-state index contributed by atoms with van der Waals surface area (Å²) in [6.07, 6.45) is 2.90. The van der Waals surface area contributed by atoms with Crippen LogP contribution in [0.2, 0.25) is 0 Å². The molecule has 0 radical (unpaired) electrons. The van der Waals surface area contributed by atoms with Crippen molar-refractivity contribution in [3.05, 3.63) is 35.4 Å². The second-order valence-electron chi connectivity index (χ2n) is 5.49. The molecule has 5 heteroatoms. The molecule has 0 saturated carbocycles. The van der Waals surface area contributed by atoms with Crippen molar-refractivity contribution in [3.63, 3.8) is 0 Å². The van der Waals surface area contributed by atoms with E-state index in [4.69, 9.17) is 5.73 Å². The van der Waals surface area contributed by atoms with E-state index in [1.165, 1.54) is 11.1 Å². The molecule has 0 amide bonds. The number of likely N-dealkylation sites (tertiary alicyclic amines) is 1. The highest BCUT2D eigenvalue weighted by atomic mass is 35.5. The van der Waals surface area contributed by atoms with Crippen LogP contribution >= 0.6 is 24.8 Å². The fraction of sp³-hybridized carbons (Fsp3) is 0.562. The number of piperidine rings is 1. The van der Waals surface area contributed by atoms with Crippen LogP contribution in [0.15, 0.2) is 24.3 Å². The Kier molecular flexibility index (Phi) is 8.92. The highest BCUT2D eigenvalue weighted by Crippen LogP contribution is 2.36. The first-order valence-corrected chi connectivity index (χ1v) is 7.11. The Labute approximate surface area is 140 Å². The Hall–Kier alpha value is -0.790. The van der Waals surface area contributed by atoms with Crippen molar-refractivity contribution < 1.29 is 0 Å². The number of nitrogens with zero attached hydrogens (tertiary/aromatic N) is 2. The molecule has 0 bridgehead atoms. The number of nitriles is 1. The molecule has 3 nitrogen and oxygen atoms in total. The van der Waals surface area contributed by atoms with Crippen molar-refractivity contribution in [2.24, 2.45) is 5.73 Å². The van der Waals surface area contributed by atoms with Gasteiger partial charge in [0.2, 0.25) is 0 Å². The van der Waals surface area contributed by atoms with Gasteiger partial charge in [-0.1, -0.05) is 24.3 Å². The van der Waals surface area contributed by atoms with Crippen LogP contribution in [0.25, 0.3) is 0 Å². The molecule has 0 unspecified atom stereocenters. The first-order valence-electron chi connectivity index (χ1n) is 7.11. The van der Waals surface area contributed by atoms with Crippen molar-refractivity contribution >= 4 is 24.8 Å². The number of benzene rings is 1. The predicted octanol–water partition coefficient (Wildman–Crippen LogP) is 3.04. The first-order chi connectivity index (χ1) is 9.22. The largest absolute Gasteiger partial charge is 0.330 e. The highest BCUT2D eigenvalue weighted by molar-refractivity contribution is 5.85. The number of nitrogens with two attached hydrogens (primary N) is 1. The van der Waals surface area contributed by atoms with Crippen LogP contribution in [0.5, 0.6) is 0 Å². The summed E-state index contributed by atoms with van der Waals surface area (Å²) in [5.41, 5.74) is 7.72. The Bertz CT molecular complexity index is 463. The molecule has 0 aliphatic carbocycles. The van der Waals surface area contributed by atoms with Crippen LogP contribution in [0.3, 0.4) is 0 Å². The van der Waals surface area contributed by atoms with Gasteiger partial charge in [0.15, 0.2) is 0 Å². The van der Waals surface area contributed by atoms with Gasteiger partial charge in [-0.15, -0.1) is 24.8 Å². The fourth-order valence-electron chi connectivity index (χ4n) is 3.02. The van der Waals surface area contributed by atoms with E-state index in [2.05, 4.69) is 30.0 Å².